The van der Waals surface area contributed by atoms with Gasteiger partial charge in [0.05, 0.1) is 0 Å². The summed E-state index contributed by atoms with van der Waals surface area (Å²) in [7, 11) is 0. The smallest absolute Gasteiger partial charge is 0.422 e. The lowest BCUT2D eigenvalue weighted by atomic mass is 10.2. The van der Waals surface area contributed by atoms with E-state index >= 15 is 0 Å². The van der Waals surface area contributed by atoms with Crippen LogP contribution in [-0.2, 0) is 0 Å². The van der Waals surface area contributed by atoms with E-state index in [2.05, 4.69) is 15.0 Å². The van der Waals surface area contributed by atoms with E-state index in [-0.39, 0.29) is 17.1 Å². The second-order valence-corrected chi connectivity index (χ2v) is 4.25. The van der Waals surface area contributed by atoms with Crippen LogP contribution in [-0.4, -0.2) is 23.7 Å². The lowest BCUT2D eigenvalue weighted by Crippen LogP contribution is -2.19. The van der Waals surface area contributed by atoms with E-state index in [4.69, 9.17) is 0 Å². The third kappa shape index (κ3) is 4.72. The molecule has 0 saturated carbocycles. The predicted octanol–water partition coefficient (Wildman–Crippen LogP) is 3.41. The van der Waals surface area contributed by atoms with Crippen LogP contribution < -0.4 is 10.1 Å². The van der Waals surface area contributed by atoms with Gasteiger partial charge in [0, 0.05) is 23.5 Å². The maximum atomic E-state index is 13.0. The number of carbonyl (C=O) groups is 1. The molecule has 4 nitrogen and oxygen atoms in total. The Hall–Kier alpha value is -2.64. The molecule has 22 heavy (non-hydrogen) atoms. The molecule has 0 fully saturated rings. The van der Waals surface area contributed by atoms with Crippen molar-refractivity contribution >= 4 is 11.6 Å². The molecule has 0 saturated heterocycles. The molecule has 0 aliphatic carbocycles. The molecule has 1 aromatic heterocycles. The van der Waals surface area contributed by atoms with Gasteiger partial charge in [-0.3, -0.25) is 4.79 Å². The topological polar surface area (TPSA) is 51.2 Å². The fraction of sp³-hybridized carbons (Fsp3) is 0.143. The number of nitrogens with zero attached hydrogens (tertiary/aromatic N) is 1. The first-order valence-electron chi connectivity index (χ1n) is 6.06. The van der Waals surface area contributed by atoms with Gasteiger partial charge in [-0.25, -0.2) is 9.37 Å². The van der Waals surface area contributed by atoms with Crippen molar-refractivity contribution in [3.63, 3.8) is 0 Å². The zero-order chi connectivity index (χ0) is 16.2. The first-order valence-corrected chi connectivity index (χ1v) is 6.06. The number of aromatic nitrogens is 1. The van der Waals surface area contributed by atoms with Gasteiger partial charge in [-0.15, -0.1) is 0 Å². The summed E-state index contributed by atoms with van der Waals surface area (Å²) in [5.41, 5.74) is 0.260. The minimum absolute atomic E-state index is 0.0783. The van der Waals surface area contributed by atoms with Gasteiger partial charge in [-0.2, -0.15) is 13.2 Å². The second kappa shape index (κ2) is 6.42. The molecule has 2 aromatic rings. The lowest BCUT2D eigenvalue weighted by molar-refractivity contribution is -0.154. The fourth-order valence-corrected chi connectivity index (χ4v) is 1.55. The van der Waals surface area contributed by atoms with E-state index in [0.29, 0.717) is 0 Å². The normalized spacial score (nSPS) is 11.1. The van der Waals surface area contributed by atoms with Gasteiger partial charge in [0.25, 0.3) is 5.91 Å². The van der Waals surface area contributed by atoms with E-state index in [1.165, 1.54) is 30.5 Å². The Bertz CT molecular complexity index is 674. The highest BCUT2D eigenvalue weighted by Crippen LogP contribution is 2.19. The number of rotatable bonds is 4. The van der Waals surface area contributed by atoms with Crippen molar-refractivity contribution in [2.45, 2.75) is 6.18 Å². The molecule has 0 aliphatic rings. The number of hydrogen-bond acceptors (Lipinski definition) is 3. The average molecular weight is 314 g/mol. The molecule has 1 heterocycles. The Labute approximate surface area is 122 Å². The molecule has 0 unspecified atom stereocenters. The van der Waals surface area contributed by atoms with Crippen LogP contribution in [0.2, 0.25) is 0 Å². The summed E-state index contributed by atoms with van der Waals surface area (Å²) in [6.07, 6.45) is -3.30. The molecule has 0 aliphatic heterocycles. The fourth-order valence-electron chi connectivity index (χ4n) is 1.55. The van der Waals surface area contributed by atoms with Gasteiger partial charge in [0.1, 0.15) is 5.82 Å². The van der Waals surface area contributed by atoms with Crippen molar-refractivity contribution in [3.05, 3.63) is 54.0 Å². The van der Waals surface area contributed by atoms with Crippen LogP contribution in [0.15, 0.2) is 42.6 Å². The van der Waals surface area contributed by atoms with Gasteiger partial charge < -0.3 is 10.1 Å². The van der Waals surface area contributed by atoms with Crippen LogP contribution in [0.5, 0.6) is 5.88 Å². The number of alkyl halides is 3. The second-order valence-electron chi connectivity index (χ2n) is 4.25. The SMILES string of the molecule is O=C(Nc1ccnc(OCC(F)(F)F)c1)c1cccc(F)c1. The van der Waals surface area contributed by atoms with Crippen LogP contribution in [0.1, 0.15) is 10.4 Å². The van der Waals surface area contributed by atoms with Gasteiger partial charge in [0.15, 0.2) is 6.61 Å². The summed E-state index contributed by atoms with van der Waals surface area (Å²) >= 11 is 0. The molecule has 0 bridgehead atoms. The standard InChI is InChI=1S/C14H10F4N2O2/c15-10-3-1-2-9(6-10)13(21)20-11-4-5-19-12(7-11)22-8-14(16,17)18/h1-7H,8H2,(H,19,20,21). The minimum atomic E-state index is -4.48. The van der Waals surface area contributed by atoms with E-state index in [9.17, 15) is 22.4 Å². The summed E-state index contributed by atoms with van der Waals surface area (Å²) in [6.45, 7) is -1.48. The molecular formula is C14H10F4N2O2. The summed E-state index contributed by atoms with van der Waals surface area (Å²) in [5, 5.41) is 2.42. The van der Waals surface area contributed by atoms with Crippen molar-refractivity contribution in [2.75, 3.05) is 11.9 Å². The van der Waals surface area contributed by atoms with Crippen LogP contribution in [0.3, 0.4) is 0 Å². The summed E-state index contributed by atoms with van der Waals surface area (Å²) in [6, 6.07) is 7.51. The quantitative estimate of drug-likeness (QED) is 0.880. The average Bonchev–Trinajstić information content (AvgIpc) is 2.45. The first kappa shape index (κ1) is 15.7. The van der Waals surface area contributed by atoms with Crippen LogP contribution in [0.4, 0.5) is 23.2 Å². The monoisotopic (exact) mass is 314 g/mol. The molecule has 0 radical (unpaired) electrons. The molecule has 1 N–H and O–H groups in total. The zero-order valence-corrected chi connectivity index (χ0v) is 11.0. The number of nitrogens with one attached hydrogen (secondary N) is 1. The molecule has 0 atom stereocenters. The summed E-state index contributed by atoms with van der Waals surface area (Å²) in [5.74, 6) is -1.46. The molecule has 1 aromatic carbocycles. The number of amides is 1. The Morgan fingerprint density at radius 3 is 2.68 bits per heavy atom. The van der Waals surface area contributed by atoms with Crippen molar-refractivity contribution in [1.82, 2.24) is 4.98 Å². The molecule has 2 rings (SSSR count). The molecule has 1 amide bonds. The van der Waals surface area contributed by atoms with Crippen LogP contribution in [0, 0.1) is 5.82 Å². The third-order valence-electron chi connectivity index (χ3n) is 2.46. The van der Waals surface area contributed by atoms with Crippen molar-refractivity contribution in [2.24, 2.45) is 0 Å². The van der Waals surface area contributed by atoms with E-state index in [1.807, 2.05) is 0 Å². The highest BCUT2D eigenvalue weighted by Gasteiger charge is 2.28. The van der Waals surface area contributed by atoms with Crippen molar-refractivity contribution < 1.29 is 27.1 Å². The number of anilines is 1. The molecule has 8 heteroatoms. The maximum Gasteiger partial charge on any atom is 0.422 e. The molecule has 116 valence electrons. The Balaban J connectivity index is 2.05. The molecular weight excluding hydrogens is 304 g/mol. The van der Waals surface area contributed by atoms with Gasteiger partial charge in [-0.05, 0) is 24.3 Å². The third-order valence-corrected chi connectivity index (χ3v) is 2.46. The van der Waals surface area contributed by atoms with Gasteiger partial charge >= 0.3 is 6.18 Å². The first-order chi connectivity index (χ1) is 10.3. The van der Waals surface area contributed by atoms with Gasteiger partial charge in [0.2, 0.25) is 5.88 Å². The Kier molecular flexibility index (Phi) is 4.59. The predicted molar refractivity (Wildman–Crippen MR) is 70.1 cm³/mol. The minimum Gasteiger partial charge on any atom is -0.468 e. The van der Waals surface area contributed by atoms with E-state index in [1.54, 1.807) is 0 Å². The van der Waals surface area contributed by atoms with Crippen molar-refractivity contribution in [3.8, 4) is 5.88 Å². The van der Waals surface area contributed by atoms with Gasteiger partial charge in [-0.1, -0.05) is 6.07 Å². The zero-order valence-electron chi connectivity index (χ0n) is 11.0. The number of carbonyl (C=O) groups excluding carboxylic acids is 1. The number of pyridine rings is 1. The summed E-state index contributed by atoms with van der Waals surface area (Å²) < 4.78 is 53.7. The Morgan fingerprint density at radius 1 is 1.23 bits per heavy atom. The van der Waals surface area contributed by atoms with Crippen molar-refractivity contribution in [1.29, 1.82) is 0 Å². The number of hydrogen-bond donors (Lipinski definition) is 1. The van der Waals surface area contributed by atoms with Crippen LogP contribution in [0.25, 0.3) is 0 Å². The van der Waals surface area contributed by atoms with E-state index in [0.717, 1.165) is 12.1 Å². The lowest BCUT2D eigenvalue weighted by Gasteiger charge is -2.10. The highest BCUT2D eigenvalue weighted by atomic mass is 19.4. The van der Waals surface area contributed by atoms with E-state index < -0.39 is 24.5 Å². The maximum absolute atomic E-state index is 13.0. The number of benzene rings is 1. The number of ether oxygens (including phenoxy) is 1. The highest BCUT2D eigenvalue weighted by molar-refractivity contribution is 6.04. The Morgan fingerprint density at radius 2 is 2.00 bits per heavy atom. The molecule has 0 spiro atoms. The van der Waals surface area contributed by atoms with Crippen LogP contribution >= 0.6 is 0 Å². The largest absolute Gasteiger partial charge is 0.468 e. The number of halogens is 4. The summed E-state index contributed by atoms with van der Waals surface area (Å²) in [4.78, 5) is 15.5.